The molecule has 0 aromatic heterocycles. The Labute approximate surface area is 72.3 Å². The Morgan fingerprint density at radius 3 is 1.70 bits per heavy atom. The molecule has 0 amide bonds. The lowest BCUT2D eigenvalue weighted by Gasteiger charge is -2.31. The zero-order chi connectivity index (χ0) is 8.20. The van der Waals surface area contributed by atoms with Crippen LogP contribution in [0.2, 0.25) is 0 Å². The van der Waals surface area contributed by atoms with Crippen LogP contribution in [0.3, 0.4) is 0 Å². The van der Waals surface area contributed by atoms with E-state index in [4.69, 9.17) is 28.3 Å². The molecule has 1 nitrogen and oxygen atoms in total. The standard InChI is InChI=1S/C7H14Cl2O/c1-6(2)7(3-8,4-9)5-10/h6,10H,3-5H2,1-2H3. The first-order chi connectivity index (χ1) is 4.63. The van der Waals surface area contributed by atoms with Crippen molar-refractivity contribution in [2.75, 3.05) is 18.4 Å². The summed E-state index contributed by atoms with van der Waals surface area (Å²) in [6.07, 6.45) is 0. The summed E-state index contributed by atoms with van der Waals surface area (Å²) < 4.78 is 0. The molecule has 10 heavy (non-hydrogen) atoms. The minimum Gasteiger partial charge on any atom is -0.396 e. The number of alkyl halides is 2. The van der Waals surface area contributed by atoms with E-state index in [2.05, 4.69) is 0 Å². The first-order valence-corrected chi connectivity index (χ1v) is 4.42. The zero-order valence-electron chi connectivity index (χ0n) is 6.40. The molecule has 0 aliphatic heterocycles. The van der Waals surface area contributed by atoms with E-state index in [0.717, 1.165) is 0 Å². The lowest BCUT2D eigenvalue weighted by molar-refractivity contribution is 0.120. The van der Waals surface area contributed by atoms with E-state index >= 15 is 0 Å². The second kappa shape index (κ2) is 4.42. The summed E-state index contributed by atoms with van der Waals surface area (Å²) in [5.74, 6) is 1.17. The van der Waals surface area contributed by atoms with Gasteiger partial charge in [0.2, 0.25) is 0 Å². The van der Waals surface area contributed by atoms with Crippen LogP contribution >= 0.6 is 23.2 Å². The maximum absolute atomic E-state index is 8.98. The molecule has 0 aliphatic carbocycles. The van der Waals surface area contributed by atoms with Crippen molar-refractivity contribution < 1.29 is 5.11 Å². The SMILES string of the molecule is CC(C)C(CO)(CCl)CCl. The maximum atomic E-state index is 8.98. The Kier molecular flexibility index (Phi) is 4.66. The van der Waals surface area contributed by atoms with Gasteiger partial charge in [0.05, 0.1) is 6.61 Å². The van der Waals surface area contributed by atoms with Crippen LogP contribution in [-0.4, -0.2) is 23.5 Å². The van der Waals surface area contributed by atoms with Gasteiger partial charge < -0.3 is 5.11 Å². The highest BCUT2D eigenvalue weighted by Crippen LogP contribution is 2.29. The Morgan fingerprint density at radius 1 is 1.30 bits per heavy atom. The molecule has 0 heterocycles. The molecule has 0 fully saturated rings. The normalized spacial score (nSPS) is 12.6. The van der Waals surface area contributed by atoms with Crippen molar-refractivity contribution in [2.24, 2.45) is 11.3 Å². The Morgan fingerprint density at radius 2 is 1.70 bits per heavy atom. The highest BCUT2D eigenvalue weighted by Gasteiger charge is 2.31. The summed E-state index contributed by atoms with van der Waals surface area (Å²) in [5.41, 5.74) is -0.289. The third-order valence-corrected chi connectivity index (χ3v) is 3.14. The lowest BCUT2D eigenvalue weighted by atomic mass is 9.82. The van der Waals surface area contributed by atoms with E-state index in [1.54, 1.807) is 0 Å². The van der Waals surface area contributed by atoms with E-state index in [-0.39, 0.29) is 12.0 Å². The summed E-state index contributed by atoms with van der Waals surface area (Å²) in [4.78, 5) is 0. The fourth-order valence-corrected chi connectivity index (χ4v) is 1.68. The van der Waals surface area contributed by atoms with Crippen molar-refractivity contribution in [3.63, 3.8) is 0 Å². The molecule has 0 aliphatic rings. The fraction of sp³-hybridized carbons (Fsp3) is 1.00. The molecular weight excluding hydrogens is 171 g/mol. The van der Waals surface area contributed by atoms with Gasteiger partial charge in [-0.05, 0) is 5.92 Å². The molecule has 1 N–H and O–H groups in total. The summed E-state index contributed by atoms with van der Waals surface area (Å²) in [7, 11) is 0. The third kappa shape index (κ3) is 2.01. The average Bonchev–Trinajstić information content (AvgIpc) is 1.92. The topological polar surface area (TPSA) is 20.2 Å². The number of rotatable bonds is 4. The molecule has 0 radical (unpaired) electrons. The predicted octanol–water partition coefficient (Wildman–Crippen LogP) is 2.10. The van der Waals surface area contributed by atoms with Crippen LogP contribution in [0.25, 0.3) is 0 Å². The van der Waals surface area contributed by atoms with E-state index in [9.17, 15) is 0 Å². The first-order valence-electron chi connectivity index (χ1n) is 3.35. The molecule has 0 atom stereocenters. The van der Waals surface area contributed by atoms with Crippen LogP contribution in [0.1, 0.15) is 13.8 Å². The van der Waals surface area contributed by atoms with Gasteiger partial charge in [-0.25, -0.2) is 0 Å². The van der Waals surface area contributed by atoms with Gasteiger partial charge in [0.15, 0.2) is 0 Å². The van der Waals surface area contributed by atoms with Gasteiger partial charge >= 0.3 is 0 Å². The number of hydrogen-bond donors (Lipinski definition) is 1. The summed E-state index contributed by atoms with van der Waals surface area (Å²) in [6, 6.07) is 0. The van der Waals surface area contributed by atoms with Gasteiger partial charge in [-0.1, -0.05) is 13.8 Å². The van der Waals surface area contributed by atoms with Crippen molar-refractivity contribution in [1.29, 1.82) is 0 Å². The van der Waals surface area contributed by atoms with Crippen LogP contribution in [0.5, 0.6) is 0 Å². The monoisotopic (exact) mass is 184 g/mol. The van der Waals surface area contributed by atoms with E-state index in [0.29, 0.717) is 17.7 Å². The van der Waals surface area contributed by atoms with Gasteiger partial charge in [-0.2, -0.15) is 0 Å². The molecule has 0 spiro atoms. The van der Waals surface area contributed by atoms with Crippen molar-refractivity contribution in [3.05, 3.63) is 0 Å². The van der Waals surface area contributed by atoms with E-state index < -0.39 is 0 Å². The van der Waals surface area contributed by atoms with Crippen LogP contribution in [-0.2, 0) is 0 Å². The molecule has 0 bridgehead atoms. The molecule has 0 aromatic carbocycles. The van der Waals surface area contributed by atoms with Crippen molar-refractivity contribution in [2.45, 2.75) is 13.8 Å². The van der Waals surface area contributed by atoms with Crippen LogP contribution < -0.4 is 0 Å². The summed E-state index contributed by atoms with van der Waals surface area (Å²) in [6.45, 7) is 4.10. The van der Waals surface area contributed by atoms with Gasteiger partial charge in [-0.3, -0.25) is 0 Å². The average molecular weight is 185 g/mol. The van der Waals surface area contributed by atoms with Crippen LogP contribution in [0.4, 0.5) is 0 Å². The molecule has 3 heteroatoms. The molecular formula is C7H14Cl2O. The Balaban J connectivity index is 4.15. The summed E-state index contributed by atoms with van der Waals surface area (Å²) >= 11 is 11.4. The maximum Gasteiger partial charge on any atom is 0.0512 e. The number of halogens is 2. The second-order valence-corrected chi connectivity index (χ2v) is 3.48. The van der Waals surface area contributed by atoms with Crippen molar-refractivity contribution in [1.82, 2.24) is 0 Å². The molecule has 0 unspecified atom stereocenters. The molecule has 0 saturated heterocycles. The van der Waals surface area contributed by atoms with Crippen molar-refractivity contribution >= 4 is 23.2 Å². The Bertz CT molecular complexity index is 81.3. The minimum absolute atomic E-state index is 0.0671. The Hall–Kier alpha value is 0.540. The number of aliphatic hydroxyl groups excluding tert-OH is 1. The highest BCUT2D eigenvalue weighted by molar-refractivity contribution is 6.21. The van der Waals surface area contributed by atoms with Gasteiger partial charge in [0.25, 0.3) is 0 Å². The second-order valence-electron chi connectivity index (χ2n) is 2.94. The summed E-state index contributed by atoms with van der Waals surface area (Å²) in [5, 5.41) is 8.98. The van der Waals surface area contributed by atoms with Gasteiger partial charge in [0, 0.05) is 17.2 Å². The van der Waals surface area contributed by atoms with E-state index in [1.165, 1.54) is 0 Å². The zero-order valence-corrected chi connectivity index (χ0v) is 7.91. The van der Waals surface area contributed by atoms with Gasteiger partial charge in [-0.15, -0.1) is 23.2 Å². The molecule has 0 saturated carbocycles. The smallest absolute Gasteiger partial charge is 0.0512 e. The van der Waals surface area contributed by atoms with Crippen LogP contribution in [0, 0.1) is 11.3 Å². The van der Waals surface area contributed by atoms with Crippen LogP contribution in [0.15, 0.2) is 0 Å². The quantitative estimate of drug-likeness (QED) is 0.665. The number of aliphatic hydroxyl groups is 1. The molecule has 0 aromatic rings. The molecule has 0 rings (SSSR count). The highest BCUT2D eigenvalue weighted by atomic mass is 35.5. The molecule has 62 valence electrons. The van der Waals surface area contributed by atoms with E-state index in [1.807, 2.05) is 13.8 Å². The lowest BCUT2D eigenvalue weighted by Crippen LogP contribution is -2.35. The first kappa shape index (κ1) is 10.5. The third-order valence-electron chi connectivity index (χ3n) is 2.07. The predicted molar refractivity (Wildman–Crippen MR) is 45.8 cm³/mol. The van der Waals surface area contributed by atoms with Crippen molar-refractivity contribution in [3.8, 4) is 0 Å². The number of hydrogen-bond acceptors (Lipinski definition) is 1. The largest absolute Gasteiger partial charge is 0.396 e. The fourth-order valence-electron chi connectivity index (χ4n) is 0.611. The van der Waals surface area contributed by atoms with Gasteiger partial charge in [0.1, 0.15) is 0 Å². The minimum atomic E-state index is -0.289.